The molecule has 6 heteroatoms. The van der Waals surface area contributed by atoms with Gasteiger partial charge in [-0.3, -0.25) is 15.1 Å². The first-order chi connectivity index (χ1) is 18.9. The van der Waals surface area contributed by atoms with Crippen LogP contribution in [0.1, 0.15) is 112 Å². The molecule has 0 radical (unpaired) electrons. The van der Waals surface area contributed by atoms with Gasteiger partial charge in [0.25, 0.3) is 0 Å². The first-order valence-electron chi connectivity index (χ1n) is 15.2. The average Bonchev–Trinajstić information content (AvgIpc) is 3.29. The molecule has 1 fully saturated rings. The van der Waals surface area contributed by atoms with Crippen LogP contribution in [0.3, 0.4) is 0 Å². The predicted molar refractivity (Wildman–Crippen MR) is 169 cm³/mol. The highest BCUT2D eigenvalue weighted by Crippen LogP contribution is 2.29. The molecular formula is C34H54N4O2. The van der Waals surface area contributed by atoms with Gasteiger partial charge in [-0.2, -0.15) is 5.10 Å². The number of rotatable bonds is 12. The molecule has 1 aromatic rings. The van der Waals surface area contributed by atoms with E-state index in [4.69, 9.17) is 10.1 Å². The number of nitrogens with one attached hydrogen (secondary N) is 1. The van der Waals surface area contributed by atoms with E-state index in [0.717, 1.165) is 74.9 Å². The van der Waals surface area contributed by atoms with Crippen LogP contribution in [0.5, 0.6) is 0 Å². The van der Waals surface area contributed by atoms with Crippen LogP contribution in [0, 0.1) is 18.3 Å². The van der Waals surface area contributed by atoms with E-state index in [1.165, 1.54) is 16.7 Å². The van der Waals surface area contributed by atoms with Crippen LogP contribution in [-0.4, -0.2) is 51.7 Å². The van der Waals surface area contributed by atoms with E-state index in [0.29, 0.717) is 18.3 Å². The average molecular weight is 551 g/mol. The Kier molecular flexibility index (Phi) is 13.3. The second kappa shape index (κ2) is 15.9. The summed E-state index contributed by atoms with van der Waals surface area (Å²) in [5.41, 5.74) is 6.70. The molecule has 0 bridgehead atoms. The number of esters is 1. The first kappa shape index (κ1) is 33.5. The van der Waals surface area contributed by atoms with E-state index in [1.807, 2.05) is 27.0 Å². The first-order valence-corrected chi connectivity index (χ1v) is 15.2. The lowest BCUT2D eigenvalue weighted by Crippen LogP contribution is -2.40. The maximum atomic E-state index is 12.3. The zero-order chi connectivity index (χ0) is 29.9. The molecule has 2 rings (SSSR count). The van der Waals surface area contributed by atoms with Crippen molar-refractivity contribution in [1.82, 2.24) is 14.7 Å². The van der Waals surface area contributed by atoms with Gasteiger partial charge in [0, 0.05) is 5.56 Å². The molecule has 222 valence electrons. The van der Waals surface area contributed by atoms with Crippen LogP contribution in [-0.2, 0) is 9.53 Å². The molecule has 0 amide bonds. The summed E-state index contributed by atoms with van der Waals surface area (Å²) in [7, 11) is 0. The predicted octanol–water partition coefficient (Wildman–Crippen LogP) is 8.28. The zero-order valence-electron chi connectivity index (χ0n) is 26.7. The van der Waals surface area contributed by atoms with Crippen LogP contribution < -0.4 is 0 Å². The molecule has 1 aliphatic heterocycles. The van der Waals surface area contributed by atoms with E-state index in [-0.39, 0.29) is 5.97 Å². The topological polar surface area (TPSA) is 71.2 Å². The normalized spacial score (nSPS) is 16.9. The molecule has 0 saturated carbocycles. The Hall–Kier alpha value is -2.73. The van der Waals surface area contributed by atoms with Crippen LogP contribution in [0.25, 0.3) is 5.57 Å². The van der Waals surface area contributed by atoms with Gasteiger partial charge in [-0.25, -0.2) is 4.68 Å². The number of allylic oxidation sites excluding steroid dienone is 8. The molecule has 2 heterocycles. The van der Waals surface area contributed by atoms with Gasteiger partial charge in [0.2, 0.25) is 0 Å². The second-order valence-electron chi connectivity index (χ2n) is 12.1. The van der Waals surface area contributed by atoms with Gasteiger partial charge in [0.05, 0.1) is 18.4 Å². The van der Waals surface area contributed by atoms with E-state index in [2.05, 4.69) is 75.8 Å². The van der Waals surface area contributed by atoms with Crippen molar-refractivity contribution in [2.45, 2.75) is 113 Å². The number of nitrogens with zero attached hydrogens (tertiary/aromatic N) is 3. The maximum absolute atomic E-state index is 12.3. The zero-order valence-corrected chi connectivity index (χ0v) is 26.7. The van der Waals surface area contributed by atoms with Crippen molar-refractivity contribution in [3.05, 3.63) is 58.5 Å². The molecule has 1 N–H and O–H groups in total. The van der Waals surface area contributed by atoms with E-state index >= 15 is 0 Å². The van der Waals surface area contributed by atoms with Crippen LogP contribution in [0.15, 0.2) is 47.2 Å². The molecular weight excluding hydrogens is 496 g/mol. The minimum absolute atomic E-state index is 0.155. The highest BCUT2D eigenvalue weighted by molar-refractivity contribution is 5.93. The number of ether oxygens (including phenoxy) is 1. The Morgan fingerprint density at radius 3 is 2.35 bits per heavy atom. The molecule has 6 nitrogen and oxygen atoms in total. The van der Waals surface area contributed by atoms with Crippen molar-refractivity contribution in [2.24, 2.45) is 5.92 Å². The van der Waals surface area contributed by atoms with Crippen molar-refractivity contribution in [1.29, 1.82) is 5.41 Å². The quantitative estimate of drug-likeness (QED) is 0.123. The standard InChI is InChI=1S/C34H54N4O2/c1-10-14-15-29(28-16-18-37(19-17-28)24-33(39)40-34(7,8)9)22-32(35)38-26(6)31(23-36-38)30(20-25(5)11-2)21-27(12-3)13-4/h12,20-23,28,35H,10-11,13-19,24H2,1-9H3/b25-20?,27-12?,29-22+,30-21?,35-32?. The van der Waals surface area contributed by atoms with Gasteiger partial charge in [-0.15, -0.1) is 0 Å². The lowest BCUT2D eigenvalue weighted by molar-refractivity contribution is -0.156. The number of carbonyl (C=O) groups excluding carboxylic acids is 1. The summed E-state index contributed by atoms with van der Waals surface area (Å²) in [6.45, 7) is 20.7. The van der Waals surface area contributed by atoms with Gasteiger partial charge in [-0.05, 0) is 111 Å². The number of piperidine rings is 1. The second-order valence-corrected chi connectivity index (χ2v) is 12.1. The third-order valence-corrected chi connectivity index (χ3v) is 7.65. The van der Waals surface area contributed by atoms with E-state index < -0.39 is 5.60 Å². The van der Waals surface area contributed by atoms with Crippen molar-refractivity contribution in [3.63, 3.8) is 0 Å². The van der Waals surface area contributed by atoms with Gasteiger partial charge in [-0.1, -0.05) is 62.1 Å². The number of carbonyl (C=O) groups is 1. The van der Waals surface area contributed by atoms with Crippen LogP contribution >= 0.6 is 0 Å². The van der Waals surface area contributed by atoms with Gasteiger partial charge < -0.3 is 4.74 Å². The molecule has 0 aromatic carbocycles. The van der Waals surface area contributed by atoms with E-state index in [9.17, 15) is 4.79 Å². The fraction of sp³-hybridized carbons (Fsp3) is 0.618. The third kappa shape index (κ3) is 10.3. The fourth-order valence-corrected chi connectivity index (χ4v) is 5.12. The summed E-state index contributed by atoms with van der Waals surface area (Å²) in [5, 5.41) is 13.7. The van der Waals surface area contributed by atoms with Crippen LogP contribution in [0.2, 0.25) is 0 Å². The number of unbranched alkanes of at least 4 members (excludes halogenated alkanes) is 1. The number of likely N-dealkylation sites (tertiary alicyclic amines) is 1. The molecule has 1 aromatic heterocycles. The van der Waals surface area contributed by atoms with Gasteiger partial charge in [0.1, 0.15) is 11.4 Å². The number of aromatic nitrogens is 2. The summed E-state index contributed by atoms with van der Waals surface area (Å²) in [5.74, 6) is 0.685. The molecule has 1 aliphatic rings. The number of hydrogen-bond donors (Lipinski definition) is 1. The van der Waals surface area contributed by atoms with Gasteiger partial charge >= 0.3 is 5.97 Å². The summed E-state index contributed by atoms with van der Waals surface area (Å²) in [6.07, 6.45) is 17.8. The molecule has 0 aliphatic carbocycles. The van der Waals surface area contributed by atoms with Gasteiger partial charge in [0.15, 0.2) is 0 Å². The highest BCUT2D eigenvalue weighted by Gasteiger charge is 2.26. The lowest BCUT2D eigenvalue weighted by Gasteiger charge is -2.33. The Bertz CT molecular complexity index is 1120. The van der Waals surface area contributed by atoms with Crippen LogP contribution in [0.4, 0.5) is 0 Å². The minimum atomic E-state index is -0.455. The van der Waals surface area contributed by atoms with Crippen molar-refractivity contribution in [3.8, 4) is 0 Å². The molecule has 0 spiro atoms. The van der Waals surface area contributed by atoms with E-state index in [1.54, 1.807) is 4.68 Å². The molecule has 0 unspecified atom stereocenters. The lowest BCUT2D eigenvalue weighted by atomic mass is 9.86. The molecule has 1 saturated heterocycles. The monoisotopic (exact) mass is 550 g/mol. The Morgan fingerprint density at radius 2 is 1.80 bits per heavy atom. The minimum Gasteiger partial charge on any atom is -0.459 e. The van der Waals surface area contributed by atoms with Crippen molar-refractivity contribution >= 4 is 17.4 Å². The maximum Gasteiger partial charge on any atom is 0.320 e. The SMILES string of the molecule is CC=C(C=C(C=C(C)CC)c1cnn(C(=N)/C=C(\CCCC)C2CCN(CC(=O)OC(C)(C)C)CC2)c1C)CC. The Balaban J connectivity index is 2.26. The Labute approximate surface area is 243 Å². The highest BCUT2D eigenvalue weighted by atomic mass is 16.6. The smallest absolute Gasteiger partial charge is 0.320 e. The Morgan fingerprint density at radius 1 is 1.12 bits per heavy atom. The summed E-state index contributed by atoms with van der Waals surface area (Å²) in [6, 6.07) is 0. The third-order valence-electron chi connectivity index (χ3n) is 7.65. The van der Waals surface area contributed by atoms with Crippen molar-refractivity contribution in [2.75, 3.05) is 19.6 Å². The fourth-order valence-electron chi connectivity index (χ4n) is 5.12. The summed E-state index contributed by atoms with van der Waals surface area (Å²) in [4.78, 5) is 14.5. The largest absolute Gasteiger partial charge is 0.459 e. The molecule has 0 atom stereocenters. The summed E-state index contributed by atoms with van der Waals surface area (Å²) >= 11 is 0. The summed E-state index contributed by atoms with van der Waals surface area (Å²) < 4.78 is 7.30. The van der Waals surface area contributed by atoms with Crippen molar-refractivity contribution < 1.29 is 9.53 Å². The molecule has 40 heavy (non-hydrogen) atoms. The number of hydrogen-bond acceptors (Lipinski definition) is 5.